The fourth-order valence-corrected chi connectivity index (χ4v) is 3.98. The van der Waals surface area contributed by atoms with Crippen molar-refractivity contribution >= 4 is 50.7 Å². The summed E-state index contributed by atoms with van der Waals surface area (Å²) >= 11 is 2.50. The Morgan fingerprint density at radius 2 is 1.43 bits per heavy atom. The maximum absolute atomic E-state index is 12.2. The van der Waals surface area contributed by atoms with Crippen molar-refractivity contribution in [2.24, 2.45) is 0 Å². The van der Waals surface area contributed by atoms with Crippen LogP contribution in [-0.2, 0) is 38.4 Å². The van der Waals surface area contributed by atoms with Crippen LogP contribution in [0.4, 0.5) is 10.3 Å². The van der Waals surface area contributed by atoms with Crippen molar-refractivity contribution in [2.75, 3.05) is 17.2 Å². The zero-order chi connectivity index (χ0) is 21.3. The Morgan fingerprint density at radius 1 is 0.867 bits per heavy atom. The molecule has 0 aliphatic carbocycles. The van der Waals surface area contributed by atoms with E-state index in [0.717, 1.165) is 5.56 Å². The average Bonchev–Trinajstić information content (AvgIpc) is 3.31. The summed E-state index contributed by atoms with van der Waals surface area (Å²) in [7, 11) is 0. The molecule has 0 bridgehead atoms. The number of esters is 1. The van der Waals surface area contributed by atoms with Crippen LogP contribution in [0.1, 0.15) is 23.9 Å². The van der Waals surface area contributed by atoms with Crippen molar-refractivity contribution in [1.82, 2.24) is 9.97 Å². The molecule has 156 valence electrons. The van der Waals surface area contributed by atoms with Crippen LogP contribution in [0.15, 0.2) is 41.1 Å². The maximum atomic E-state index is 12.2. The van der Waals surface area contributed by atoms with Gasteiger partial charge in [-0.1, -0.05) is 30.3 Å². The normalized spacial score (nSPS) is 10.4. The third-order valence-electron chi connectivity index (χ3n) is 3.78. The highest BCUT2D eigenvalue weighted by Crippen LogP contribution is 2.19. The topological polar surface area (TPSA) is 110 Å². The molecular weight excluding hydrogens is 424 g/mol. The monoisotopic (exact) mass is 444 g/mol. The second-order valence-electron chi connectivity index (χ2n) is 6.21. The molecule has 1 aromatic carbocycles. The first kappa shape index (κ1) is 21.6. The second kappa shape index (κ2) is 10.6. The minimum atomic E-state index is -0.356. The summed E-state index contributed by atoms with van der Waals surface area (Å²) < 4.78 is 4.88. The Kier molecular flexibility index (Phi) is 7.63. The van der Waals surface area contributed by atoms with E-state index in [4.69, 9.17) is 4.74 Å². The van der Waals surface area contributed by atoms with E-state index in [2.05, 4.69) is 20.6 Å². The summed E-state index contributed by atoms with van der Waals surface area (Å²) in [6.07, 6.45) is 0.380. The molecule has 2 N–H and O–H groups in total. The second-order valence-corrected chi connectivity index (χ2v) is 7.92. The van der Waals surface area contributed by atoms with Crippen LogP contribution in [-0.4, -0.2) is 34.4 Å². The van der Waals surface area contributed by atoms with Crippen LogP contribution < -0.4 is 10.6 Å². The van der Waals surface area contributed by atoms with Gasteiger partial charge in [-0.15, -0.1) is 22.7 Å². The number of carbonyl (C=O) groups excluding carboxylic acids is 3. The fourth-order valence-electron chi connectivity index (χ4n) is 2.52. The number of hydrogen-bond donors (Lipinski definition) is 2. The van der Waals surface area contributed by atoms with E-state index < -0.39 is 0 Å². The van der Waals surface area contributed by atoms with Gasteiger partial charge in [0, 0.05) is 10.8 Å². The first-order valence-corrected chi connectivity index (χ1v) is 11.0. The third-order valence-corrected chi connectivity index (χ3v) is 5.39. The van der Waals surface area contributed by atoms with Gasteiger partial charge in [-0.2, -0.15) is 0 Å². The van der Waals surface area contributed by atoms with Gasteiger partial charge in [-0.25, -0.2) is 9.97 Å². The molecule has 30 heavy (non-hydrogen) atoms. The molecule has 3 rings (SSSR count). The van der Waals surface area contributed by atoms with Gasteiger partial charge in [-0.05, 0) is 12.5 Å². The Bertz CT molecular complexity index is 1020. The summed E-state index contributed by atoms with van der Waals surface area (Å²) in [5, 5.41) is 9.73. The lowest BCUT2D eigenvalue weighted by atomic mass is 10.1. The molecule has 3 aromatic rings. The van der Waals surface area contributed by atoms with E-state index >= 15 is 0 Å². The smallest absolute Gasteiger partial charge is 0.311 e. The van der Waals surface area contributed by atoms with Crippen LogP contribution in [0, 0.1) is 0 Å². The number of nitrogens with zero attached hydrogens (tertiary/aromatic N) is 2. The molecule has 0 saturated carbocycles. The molecule has 0 unspecified atom stereocenters. The summed E-state index contributed by atoms with van der Waals surface area (Å²) in [5.41, 5.74) is 2.01. The summed E-state index contributed by atoms with van der Waals surface area (Å²) in [6.45, 7) is 2.05. The number of ether oxygens (including phenoxy) is 1. The molecule has 0 spiro atoms. The van der Waals surface area contributed by atoms with E-state index in [9.17, 15) is 14.4 Å². The molecule has 2 amide bonds. The van der Waals surface area contributed by atoms with Crippen molar-refractivity contribution in [3.8, 4) is 0 Å². The van der Waals surface area contributed by atoms with E-state index in [1.165, 1.54) is 22.7 Å². The van der Waals surface area contributed by atoms with Gasteiger partial charge < -0.3 is 15.4 Å². The zero-order valence-electron chi connectivity index (χ0n) is 16.2. The number of hydrogen-bond acceptors (Lipinski definition) is 8. The number of nitrogens with one attached hydrogen (secondary N) is 2. The van der Waals surface area contributed by atoms with E-state index in [1.54, 1.807) is 17.7 Å². The Morgan fingerprint density at radius 3 is 2.03 bits per heavy atom. The number of benzene rings is 1. The predicted molar refractivity (Wildman–Crippen MR) is 116 cm³/mol. The van der Waals surface area contributed by atoms with Gasteiger partial charge in [0.15, 0.2) is 10.3 Å². The Hall–Kier alpha value is -3.11. The van der Waals surface area contributed by atoms with Crippen LogP contribution in [0.3, 0.4) is 0 Å². The molecule has 0 radical (unpaired) electrons. The standard InChI is InChI=1S/C20H20N4O4S2/c1-2-28-18(27)10-15-12-30-20(22-15)24-17(26)9-14-11-29-19(21-14)23-16(25)8-13-6-4-3-5-7-13/h3-7,11-12H,2,8-10H2,1H3,(H,21,23,25)(H,22,24,26). The largest absolute Gasteiger partial charge is 0.466 e. The Labute approximate surface area is 181 Å². The molecule has 10 heteroatoms. The van der Waals surface area contributed by atoms with Gasteiger partial charge in [0.1, 0.15) is 0 Å². The molecule has 8 nitrogen and oxygen atoms in total. The number of aromatic nitrogens is 2. The molecule has 0 saturated heterocycles. The Balaban J connectivity index is 1.47. The summed E-state index contributed by atoms with van der Waals surface area (Å²) in [4.78, 5) is 44.3. The first-order chi connectivity index (χ1) is 14.5. The molecule has 2 heterocycles. The highest BCUT2D eigenvalue weighted by Gasteiger charge is 2.13. The maximum Gasteiger partial charge on any atom is 0.311 e. The number of amides is 2. The lowest BCUT2D eigenvalue weighted by molar-refractivity contribution is -0.142. The SMILES string of the molecule is CCOC(=O)Cc1csc(NC(=O)Cc2csc(NC(=O)Cc3ccccc3)n2)n1. The lowest BCUT2D eigenvalue weighted by Crippen LogP contribution is -2.16. The van der Waals surface area contributed by atoms with Gasteiger partial charge in [0.05, 0.1) is 37.3 Å². The minimum Gasteiger partial charge on any atom is -0.466 e. The number of rotatable bonds is 9. The average molecular weight is 445 g/mol. The van der Waals surface area contributed by atoms with Crippen LogP contribution in [0.25, 0.3) is 0 Å². The number of anilines is 2. The van der Waals surface area contributed by atoms with Crippen LogP contribution >= 0.6 is 22.7 Å². The van der Waals surface area contributed by atoms with Crippen molar-refractivity contribution < 1.29 is 19.1 Å². The predicted octanol–water partition coefficient (Wildman–Crippen LogP) is 3.07. The quantitative estimate of drug-likeness (QED) is 0.491. The van der Waals surface area contributed by atoms with Crippen molar-refractivity contribution in [2.45, 2.75) is 26.2 Å². The third kappa shape index (κ3) is 6.75. The molecule has 0 aliphatic heterocycles. The minimum absolute atomic E-state index is 0.0534. The van der Waals surface area contributed by atoms with Crippen molar-refractivity contribution in [3.05, 3.63) is 58.0 Å². The van der Waals surface area contributed by atoms with E-state index in [0.29, 0.717) is 28.3 Å². The summed E-state index contributed by atoms with van der Waals surface area (Å²) in [6, 6.07) is 9.42. The van der Waals surface area contributed by atoms with Gasteiger partial charge in [0.2, 0.25) is 11.8 Å². The van der Waals surface area contributed by atoms with Gasteiger partial charge >= 0.3 is 5.97 Å². The molecule has 2 aromatic heterocycles. The molecular formula is C20H20N4O4S2. The molecule has 0 atom stereocenters. The van der Waals surface area contributed by atoms with E-state index in [-0.39, 0.29) is 37.0 Å². The lowest BCUT2D eigenvalue weighted by Gasteiger charge is -2.02. The van der Waals surface area contributed by atoms with Gasteiger partial charge in [0.25, 0.3) is 0 Å². The summed E-state index contributed by atoms with van der Waals surface area (Å²) in [5.74, 6) is -0.798. The molecule has 0 aliphatic rings. The highest BCUT2D eigenvalue weighted by molar-refractivity contribution is 7.14. The van der Waals surface area contributed by atoms with Crippen LogP contribution in [0.2, 0.25) is 0 Å². The van der Waals surface area contributed by atoms with E-state index in [1.807, 2.05) is 30.3 Å². The molecule has 0 fully saturated rings. The number of thiazole rings is 2. The highest BCUT2D eigenvalue weighted by atomic mass is 32.1. The zero-order valence-corrected chi connectivity index (χ0v) is 17.8. The number of carbonyl (C=O) groups is 3. The van der Waals surface area contributed by atoms with Crippen molar-refractivity contribution in [1.29, 1.82) is 0 Å². The van der Waals surface area contributed by atoms with Gasteiger partial charge in [-0.3, -0.25) is 14.4 Å². The first-order valence-electron chi connectivity index (χ1n) is 9.20. The van der Waals surface area contributed by atoms with Crippen LogP contribution in [0.5, 0.6) is 0 Å². The van der Waals surface area contributed by atoms with Crippen molar-refractivity contribution in [3.63, 3.8) is 0 Å². The fraction of sp³-hybridized carbons (Fsp3) is 0.250.